The van der Waals surface area contributed by atoms with Crippen molar-refractivity contribution >= 4 is 22.8 Å². The lowest BCUT2D eigenvalue weighted by Gasteiger charge is -2.29. The van der Waals surface area contributed by atoms with Crippen molar-refractivity contribution in [3.8, 4) is 0 Å². The molecule has 24 heavy (non-hydrogen) atoms. The van der Waals surface area contributed by atoms with E-state index >= 15 is 0 Å². The van der Waals surface area contributed by atoms with Gasteiger partial charge in [0.25, 0.3) is 0 Å². The molecule has 2 aliphatic carbocycles. The number of ether oxygens (including phenoxy) is 1. The van der Waals surface area contributed by atoms with Crippen molar-refractivity contribution in [2.75, 3.05) is 6.61 Å². The van der Waals surface area contributed by atoms with Gasteiger partial charge in [0.2, 0.25) is 0 Å². The maximum Gasteiger partial charge on any atom is 0.165 e. The van der Waals surface area contributed by atoms with Crippen LogP contribution in [0.1, 0.15) is 57.9 Å². The van der Waals surface area contributed by atoms with Gasteiger partial charge in [-0.05, 0) is 37.5 Å². The van der Waals surface area contributed by atoms with Crippen LogP contribution < -0.4 is 0 Å². The van der Waals surface area contributed by atoms with Crippen LogP contribution in [0, 0.1) is 11.8 Å². The number of hydrogen-bond acceptors (Lipinski definition) is 4. The topological polar surface area (TPSA) is 52.8 Å². The number of hydrogen-bond donors (Lipinski definition) is 0. The molecule has 2 bridgehead atoms. The molecule has 0 radical (unpaired) electrons. The minimum absolute atomic E-state index is 0.440. The molecular formula is C18H25ClN4O. The second-order valence-corrected chi connectivity index (χ2v) is 7.61. The summed E-state index contributed by atoms with van der Waals surface area (Å²) >= 11 is 6.13. The summed E-state index contributed by atoms with van der Waals surface area (Å²) in [7, 11) is 0. The number of nitrogens with zero attached hydrogens (tertiary/aromatic N) is 4. The lowest BCUT2D eigenvalue weighted by atomic mass is 9.92. The van der Waals surface area contributed by atoms with Crippen molar-refractivity contribution in [3.05, 3.63) is 17.8 Å². The maximum absolute atomic E-state index is 6.18. The summed E-state index contributed by atoms with van der Waals surface area (Å²) in [6.07, 6.45) is 12.6. The van der Waals surface area contributed by atoms with Gasteiger partial charge < -0.3 is 9.30 Å². The molecule has 2 fully saturated rings. The van der Waals surface area contributed by atoms with E-state index in [0.717, 1.165) is 18.7 Å². The molecule has 0 spiro atoms. The van der Waals surface area contributed by atoms with Gasteiger partial charge in [-0.1, -0.05) is 37.8 Å². The van der Waals surface area contributed by atoms with Crippen LogP contribution in [0.3, 0.4) is 0 Å². The monoisotopic (exact) mass is 348 g/mol. The lowest BCUT2D eigenvalue weighted by Crippen LogP contribution is -2.26. The Kier molecular flexibility index (Phi) is 4.72. The molecule has 2 aliphatic rings. The molecule has 4 rings (SSSR count). The third kappa shape index (κ3) is 2.93. The highest BCUT2D eigenvalue weighted by Crippen LogP contribution is 2.52. The minimum Gasteiger partial charge on any atom is -0.378 e. The molecule has 4 atom stereocenters. The second-order valence-electron chi connectivity index (χ2n) is 7.25. The van der Waals surface area contributed by atoms with Crippen LogP contribution in [0.5, 0.6) is 0 Å². The van der Waals surface area contributed by atoms with Crippen LogP contribution in [0.25, 0.3) is 11.2 Å². The number of rotatable bonds is 7. The summed E-state index contributed by atoms with van der Waals surface area (Å²) in [4.78, 5) is 12.8. The SMILES string of the molecule is CCCCCCO[C@H]1C[C@H]2C[C@@H]1C[C@@H]2n1cnc2c(Cl)ncnc21. The Bertz CT molecular complexity index is 703. The van der Waals surface area contributed by atoms with Crippen molar-refractivity contribution in [1.29, 1.82) is 0 Å². The molecular weight excluding hydrogens is 324 g/mol. The summed E-state index contributed by atoms with van der Waals surface area (Å²) in [6, 6.07) is 0.478. The summed E-state index contributed by atoms with van der Waals surface area (Å²) in [6.45, 7) is 3.17. The molecule has 6 heteroatoms. The van der Waals surface area contributed by atoms with Gasteiger partial charge in [-0.25, -0.2) is 15.0 Å². The van der Waals surface area contributed by atoms with Gasteiger partial charge in [0.1, 0.15) is 11.8 Å². The van der Waals surface area contributed by atoms with Gasteiger partial charge in [0.05, 0.1) is 12.4 Å². The van der Waals surface area contributed by atoms with Gasteiger partial charge >= 0.3 is 0 Å². The Hall–Kier alpha value is -1.20. The summed E-state index contributed by atoms with van der Waals surface area (Å²) in [5, 5.41) is 0.440. The average Bonchev–Trinajstić information content (AvgIpc) is 3.28. The Morgan fingerprint density at radius 1 is 1.12 bits per heavy atom. The summed E-state index contributed by atoms with van der Waals surface area (Å²) in [5.41, 5.74) is 1.58. The molecule has 0 amide bonds. The maximum atomic E-state index is 6.18. The molecule has 5 nitrogen and oxygen atoms in total. The fraction of sp³-hybridized carbons (Fsp3) is 0.722. The number of imidazole rings is 1. The van der Waals surface area contributed by atoms with E-state index in [2.05, 4.69) is 26.4 Å². The Labute approximate surface area is 147 Å². The first-order valence-electron chi connectivity index (χ1n) is 9.22. The number of aromatic nitrogens is 4. The van der Waals surface area contributed by atoms with Crippen molar-refractivity contribution in [2.45, 2.75) is 64.0 Å². The smallest absolute Gasteiger partial charge is 0.165 e. The fourth-order valence-corrected chi connectivity index (χ4v) is 4.74. The van der Waals surface area contributed by atoms with E-state index in [1.54, 1.807) is 0 Å². The predicted molar refractivity (Wildman–Crippen MR) is 94.1 cm³/mol. The molecule has 2 heterocycles. The molecule has 0 aliphatic heterocycles. The number of fused-ring (bicyclic) bond motifs is 3. The van der Waals surface area contributed by atoms with Gasteiger partial charge in [0.15, 0.2) is 10.8 Å². The zero-order valence-corrected chi connectivity index (χ0v) is 15.0. The second kappa shape index (κ2) is 6.96. The highest BCUT2D eigenvalue weighted by Gasteiger charge is 2.47. The molecule has 0 saturated heterocycles. The lowest BCUT2D eigenvalue weighted by molar-refractivity contribution is 0.00727. The third-order valence-electron chi connectivity index (χ3n) is 5.76. The van der Waals surface area contributed by atoms with Gasteiger partial charge in [0, 0.05) is 12.6 Å². The zero-order chi connectivity index (χ0) is 16.5. The first-order chi connectivity index (χ1) is 11.8. The number of unbranched alkanes of at least 4 members (excludes halogenated alkanes) is 3. The molecule has 130 valence electrons. The van der Waals surface area contributed by atoms with E-state index in [1.165, 1.54) is 44.9 Å². The molecule has 0 unspecified atom stereocenters. The van der Waals surface area contributed by atoms with Crippen molar-refractivity contribution in [1.82, 2.24) is 19.5 Å². The van der Waals surface area contributed by atoms with Crippen LogP contribution in [0.2, 0.25) is 5.15 Å². The first kappa shape index (κ1) is 16.3. The molecule has 0 aromatic carbocycles. The van der Waals surface area contributed by atoms with Crippen molar-refractivity contribution in [2.24, 2.45) is 11.8 Å². The number of halogens is 1. The highest BCUT2D eigenvalue weighted by atomic mass is 35.5. The Morgan fingerprint density at radius 3 is 2.83 bits per heavy atom. The predicted octanol–water partition coefficient (Wildman–Crippen LogP) is 4.42. The fourth-order valence-electron chi connectivity index (χ4n) is 4.57. The van der Waals surface area contributed by atoms with Gasteiger partial charge in [-0.15, -0.1) is 0 Å². The van der Waals surface area contributed by atoms with Crippen LogP contribution in [-0.4, -0.2) is 32.2 Å². The summed E-state index contributed by atoms with van der Waals surface area (Å²) < 4.78 is 8.40. The largest absolute Gasteiger partial charge is 0.378 e. The van der Waals surface area contributed by atoms with E-state index in [1.807, 2.05) is 6.33 Å². The van der Waals surface area contributed by atoms with Gasteiger partial charge in [-0.3, -0.25) is 0 Å². The van der Waals surface area contributed by atoms with Crippen molar-refractivity contribution < 1.29 is 4.74 Å². The first-order valence-corrected chi connectivity index (χ1v) is 9.60. The van der Waals surface area contributed by atoms with E-state index in [9.17, 15) is 0 Å². The highest BCUT2D eigenvalue weighted by molar-refractivity contribution is 6.33. The molecule has 2 aromatic heterocycles. The average molecular weight is 349 g/mol. The third-order valence-corrected chi connectivity index (χ3v) is 6.03. The molecule has 0 N–H and O–H groups in total. The van der Waals surface area contributed by atoms with Crippen LogP contribution in [0.4, 0.5) is 0 Å². The standard InChI is InChI=1S/C18H25ClN4O/c1-2-3-4-5-6-24-15-9-12-7-13(15)8-14(12)23-11-22-16-17(19)20-10-21-18(16)23/h10-15H,2-9H2,1H3/t12-,13-,14+,15+/m1/s1. The van der Waals surface area contributed by atoms with Crippen molar-refractivity contribution in [3.63, 3.8) is 0 Å². The normalized spacial score (nSPS) is 28.9. The minimum atomic E-state index is 0.440. The van der Waals surface area contributed by atoms with E-state index in [0.29, 0.717) is 34.7 Å². The Morgan fingerprint density at radius 2 is 2.04 bits per heavy atom. The molecule has 2 aromatic rings. The van der Waals surface area contributed by atoms with Gasteiger partial charge in [-0.2, -0.15) is 0 Å². The quantitative estimate of drug-likeness (QED) is 0.549. The summed E-state index contributed by atoms with van der Waals surface area (Å²) in [5.74, 6) is 1.35. The van der Waals surface area contributed by atoms with E-state index in [4.69, 9.17) is 16.3 Å². The zero-order valence-electron chi connectivity index (χ0n) is 14.2. The Balaban J connectivity index is 1.38. The van der Waals surface area contributed by atoms with E-state index in [-0.39, 0.29) is 0 Å². The van der Waals surface area contributed by atoms with Crippen LogP contribution in [-0.2, 0) is 4.74 Å². The molecule has 2 saturated carbocycles. The van der Waals surface area contributed by atoms with Crippen LogP contribution >= 0.6 is 11.6 Å². The van der Waals surface area contributed by atoms with E-state index < -0.39 is 0 Å². The van der Waals surface area contributed by atoms with Crippen LogP contribution in [0.15, 0.2) is 12.7 Å².